The van der Waals surface area contributed by atoms with Crippen LogP contribution in [0.15, 0.2) is 6.07 Å². The van der Waals surface area contributed by atoms with Gasteiger partial charge >= 0.3 is 18.1 Å². The first-order chi connectivity index (χ1) is 8.65. The number of ether oxygens (including phenoxy) is 2. The number of alkyl halides is 3. The maximum Gasteiger partial charge on any atom is 0.575 e. The van der Waals surface area contributed by atoms with Crippen molar-refractivity contribution in [2.75, 3.05) is 7.11 Å². The molecule has 7 nitrogen and oxygen atoms in total. The third kappa shape index (κ3) is 3.68. The van der Waals surface area contributed by atoms with Gasteiger partial charge in [-0.25, -0.2) is 0 Å². The van der Waals surface area contributed by atoms with E-state index in [0.29, 0.717) is 6.07 Å². The van der Waals surface area contributed by atoms with Crippen molar-refractivity contribution in [1.82, 2.24) is 4.98 Å². The van der Waals surface area contributed by atoms with Crippen LogP contribution in [-0.4, -0.2) is 28.6 Å². The van der Waals surface area contributed by atoms with Gasteiger partial charge in [0.15, 0.2) is 0 Å². The largest absolute Gasteiger partial charge is 0.575 e. The molecule has 1 aromatic heterocycles. The third-order valence-electron chi connectivity index (χ3n) is 1.75. The number of rotatable bonds is 4. The molecule has 0 radical (unpaired) electrons. The molecule has 0 aliphatic heterocycles. The first-order valence-corrected chi connectivity index (χ1v) is 4.72. The Labute approximate surface area is 108 Å². The normalized spacial score (nSPS) is 11.0. The van der Waals surface area contributed by atoms with Crippen molar-refractivity contribution in [1.29, 1.82) is 0 Å². The Morgan fingerprint density at radius 3 is 2.47 bits per heavy atom. The summed E-state index contributed by atoms with van der Waals surface area (Å²) in [5, 5.41) is 9.33. The summed E-state index contributed by atoms with van der Waals surface area (Å²) < 4.78 is 44.2. The topological polar surface area (TPSA) is 91.6 Å². The second kappa shape index (κ2) is 5.26. The van der Waals surface area contributed by atoms with Gasteiger partial charge in [0, 0.05) is 11.1 Å². The number of hydrogen-bond acceptors (Lipinski definition) is 6. The molecule has 0 spiro atoms. The van der Waals surface area contributed by atoms with E-state index in [2.05, 4.69) is 14.5 Å². The van der Waals surface area contributed by atoms with E-state index in [1.807, 2.05) is 0 Å². The van der Waals surface area contributed by atoms with Gasteiger partial charge in [-0.2, -0.15) is 0 Å². The quantitative estimate of drug-likeness (QED) is 0.481. The average molecular weight is 301 g/mol. The highest BCUT2D eigenvalue weighted by Gasteiger charge is 2.37. The molecule has 0 saturated carbocycles. The van der Waals surface area contributed by atoms with E-state index in [1.54, 1.807) is 0 Å². The number of carbonyl (C=O) groups is 1. The van der Waals surface area contributed by atoms with E-state index < -0.39 is 39.5 Å². The fourth-order valence-corrected chi connectivity index (χ4v) is 1.22. The number of pyridine rings is 1. The highest BCUT2D eigenvalue weighted by atomic mass is 35.5. The molecule has 0 bridgehead atoms. The van der Waals surface area contributed by atoms with Crippen LogP contribution in [0.5, 0.6) is 11.6 Å². The van der Waals surface area contributed by atoms with E-state index in [1.165, 1.54) is 0 Å². The monoisotopic (exact) mass is 300 g/mol. The van der Waals surface area contributed by atoms with Crippen LogP contribution >= 0.6 is 11.6 Å². The lowest BCUT2D eigenvalue weighted by Crippen LogP contribution is -2.19. The van der Waals surface area contributed by atoms with Crippen molar-refractivity contribution < 1.29 is 32.4 Å². The third-order valence-corrected chi connectivity index (χ3v) is 1.96. The molecule has 0 aliphatic carbocycles. The fraction of sp³-hybridized carbons (Fsp3) is 0.250. The highest BCUT2D eigenvalue weighted by Crippen LogP contribution is 2.34. The number of carbonyl (C=O) groups excluding carboxylic acids is 1. The zero-order valence-corrected chi connectivity index (χ0v) is 9.78. The zero-order chi connectivity index (χ0) is 14.8. The summed E-state index contributed by atoms with van der Waals surface area (Å²) in [6.07, 6.45) is -5.12. The summed E-state index contributed by atoms with van der Waals surface area (Å²) >= 11 is 5.06. The number of hydrogen-bond donors (Lipinski definition) is 0. The number of aromatic nitrogens is 1. The van der Waals surface area contributed by atoms with E-state index in [-0.39, 0.29) is 0 Å². The lowest BCUT2D eigenvalue weighted by atomic mass is 10.2. The summed E-state index contributed by atoms with van der Waals surface area (Å²) in [5.74, 6) is -2.98. The van der Waals surface area contributed by atoms with Crippen molar-refractivity contribution in [2.45, 2.75) is 6.36 Å². The minimum absolute atomic E-state index is 0.619. The van der Waals surface area contributed by atoms with Gasteiger partial charge in [-0.1, -0.05) is 0 Å². The SMILES string of the molecule is COc1cc(C(=O)Cl)c([N+](=O)[O-])nc1OC(F)(F)F. The van der Waals surface area contributed by atoms with Gasteiger partial charge in [0.2, 0.25) is 5.75 Å². The maximum atomic E-state index is 12.1. The van der Waals surface area contributed by atoms with E-state index in [0.717, 1.165) is 7.11 Å². The molecule has 19 heavy (non-hydrogen) atoms. The number of nitrogens with zero attached hydrogens (tertiary/aromatic N) is 2. The number of methoxy groups -OCH3 is 1. The number of halogens is 4. The van der Waals surface area contributed by atoms with Crippen LogP contribution in [0.25, 0.3) is 0 Å². The Kier molecular flexibility index (Phi) is 4.14. The van der Waals surface area contributed by atoms with Crippen molar-refractivity contribution in [2.24, 2.45) is 0 Å². The maximum absolute atomic E-state index is 12.1. The predicted octanol–water partition coefficient (Wildman–Crippen LogP) is 2.28. The predicted molar refractivity (Wildman–Crippen MR) is 54.3 cm³/mol. The van der Waals surface area contributed by atoms with Crippen LogP contribution in [0.2, 0.25) is 0 Å². The standard InChI is InChI=1S/C8H4ClF3N2O5/c1-18-4-2-3(5(9)15)6(14(16)17)13-7(4)19-8(10,11)12/h2H,1H3. The Bertz CT molecular complexity index is 534. The minimum Gasteiger partial charge on any atom is -0.489 e. The molecule has 0 aliphatic rings. The molecule has 1 rings (SSSR count). The summed E-state index contributed by atoms with van der Waals surface area (Å²) in [6, 6.07) is 0.640. The second-order valence-corrected chi connectivity index (χ2v) is 3.29. The van der Waals surface area contributed by atoms with Crippen LogP contribution in [0.4, 0.5) is 19.0 Å². The smallest absolute Gasteiger partial charge is 0.489 e. The van der Waals surface area contributed by atoms with Crippen LogP contribution in [0, 0.1) is 10.1 Å². The zero-order valence-electron chi connectivity index (χ0n) is 9.02. The van der Waals surface area contributed by atoms with Gasteiger partial charge in [0.25, 0.3) is 5.24 Å². The van der Waals surface area contributed by atoms with Crippen molar-refractivity contribution in [3.63, 3.8) is 0 Å². The first kappa shape index (κ1) is 15.0. The summed E-state index contributed by atoms with van der Waals surface area (Å²) in [6.45, 7) is 0. The Balaban J connectivity index is 3.44. The molecule has 11 heteroatoms. The lowest BCUT2D eigenvalue weighted by molar-refractivity contribution is -0.390. The van der Waals surface area contributed by atoms with Gasteiger partial charge in [-0.3, -0.25) is 4.79 Å². The second-order valence-electron chi connectivity index (χ2n) is 2.95. The van der Waals surface area contributed by atoms with Gasteiger partial charge in [0.05, 0.1) is 7.11 Å². The Morgan fingerprint density at radius 1 is 1.53 bits per heavy atom. The average Bonchev–Trinajstić information content (AvgIpc) is 2.25. The molecular formula is C8H4ClF3N2O5. The Hall–Kier alpha value is -2.10. The number of nitro groups is 1. The molecule has 0 aromatic carbocycles. The van der Waals surface area contributed by atoms with Gasteiger partial charge in [-0.05, 0) is 16.5 Å². The van der Waals surface area contributed by atoms with Crippen molar-refractivity contribution in [3.8, 4) is 11.6 Å². The molecule has 0 N–H and O–H groups in total. The molecule has 0 unspecified atom stereocenters. The van der Waals surface area contributed by atoms with Gasteiger partial charge in [-0.15, -0.1) is 13.2 Å². The molecule has 0 atom stereocenters. The van der Waals surface area contributed by atoms with Crippen molar-refractivity contribution in [3.05, 3.63) is 21.7 Å². The fourth-order valence-electron chi connectivity index (χ4n) is 1.08. The van der Waals surface area contributed by atoms with E-state index >= 15 is 0 Å². The van der Waals surface area contributed by atoms with Crippen LogP contribution in [0.1, 0.15) is 10.4 Å². The Morgan fingerprint density at radius 2 is 2.11 bits per heavy atom. The molecule has 0 amide bonds. The highest BCUT2D eigenvalue weighted by molar-refractivity contribution is 6.68. The van der Waals surface area contributed by atoms with Gasteiger partial charge < -0.3 is 19.6 Å². The molecule has 0 fully saturated rings. The summed E-state index contributed by atoms with van der Waals surface area (Å²) in [7, 11) is 0.967. The molecule has 1 aromatic rings. The first-order valence-electron chi connectivity index (χ1n) is 4.34. The van der Waals surface area contributed by atoms with E-state index in [9.17, 15) is 28.1 Å². The summed E-state index contributed by atoms with van der Waals surface area (Å²) in [5.41, 5.74) is -0.710. The van der Waals surface area contributed by atoms with Crippen LogP contribution < -0.4 is 9.47 Å². The van der Waals surface area contributed by atoms with Crippen LogP contribution in [-0.2, 0) is 0 Å². The molecule has 0 saturated heterocycles. The van der Waals surface area contributed by atoms with Crippen LogP contribution in [0.3, 0.4) is 0 Å². The molecule has 1 heterocycles. The van der Waals surface area contributed by atoms with Gasteiger partial charge in [0.1, 0.15) is 5.56 Å². The minimum atomic E-state index is -5.12. The summed E-state index contributed by atoms with van der Waals surface area (Å²) in [4.78, 5) is 23.3. The molecular weight excluding hydrogens is 297 g/mol. The van der Waals surface area contributed by atoms with Crippen molar-refractivity contribution >= 4 is 22.7 Å². The molecule has 104 valence electrons. The lowest BCUT2D eigenvalue weighted by Gasteiger charge is -2.09. The van der Waals surface area contributed by atoms with E-state index in [4.69, 9.17) is 11.6 Å².